The Bertz CT molecular complexity index is 933. The van der Waals surface area contributed by atoms with Crippen LogP contribution in [0.2, 0.25) is 0 Å². The Balaban J connectivity index is 2.02. The van der Waals surface area contributed by atoms with Gasteiger partial charge in [0.05, 0.1) is 18.4 Å². The average Bonchev–Trinajstić information content (AvgIpc) is 2.93. The second-order valence-electron chi connectivity index (χ2n) is 5.81. The van der Waals surface area contributed by atoms with Gasteiger partial charge < -0.3 is 10.1 Å². The van der Waals surface area contributed by atoms with E-state index in [1.165, 1.54) is 55.6 Å². The van der Waals surface area contributed by atoms with Crippen molar-refractivity contribution in [2.45, 2.75) is 11.8 Å². The molecule has 1 saturated heterocycles. The van der Waals surface area contributed by atoms with Gasteiger partial charge in [-0.3, -0.25) is 14.9 Å². The fourth-order valence-corrected chi connectivity index (χ4v) is 2.76. The van der Waals surface area contributed by atoms with E-state index in [9.17, 15) is 27.6 Å². The van der Waals surface area contributed by atoms with Crippen LogP contribution in [0.5, 0.6) is 5.75 Å². The van der Waals surface area contributed by atoms with E-state index in [0.717, 1.165) is 0 Å². The standard InChI is InChI=1S/C18H14F3N3O4/c1-28-13-10-6-5-9-12(13)14(25)22-17(18(19,20)21)15(26)24(16(27)23-17)11-7-3-2-4-8-11/h2-10H,1H3,(H,22,25)(H,23,27)/t17-/m1/s1. The molecule has 0 radical (unpaired) electrons. The third-order valence-electron chi connectivity index (χ3n) is 4.11. The van der Waals surface area contributed by atoms with Gasteiger partial charge in [-0.05, 0) is 24.3 Å². The van der Waals surface area contributed by atoms with E-state index in [4.69, 9.17) is 4.74 Å². The van der Waals surface area contributed by atoms with Crippen molar-refractivity contribution in [2.24, 2.45) is 0 Å². The van der Waals surface area contributed by atoms with Crippen LogP contribution in [0.15, 0.2) is 54.6 Å². The average molecular weight is 393 g/mol. The van der Waals surface area contributed by atoms with Crippen LogP contribution in [0.1, 0.15) is 10.4 Å². The van der Waals surface area contributed by atoms with Crippen molar-refractivity contribution < 1.29 is 32.3 Å². The zero-order valence-corrected chi connectivity index (χ0v) is 14.4. The number of carbonyl (C=O) groups excluding carboxylic acids is 3. The quantitative estimate of drug-likeness (QED) is 0.782. The summed E-state index contributed by atoms with van der Waals surface area (Å²) >= 11 is 0. The number of methoxy groups -OCH3 is 1. The molecule has 1 heterocycles. The zero-order chi connectivity index (χ0) is 20.5. The number of carbonyl (C=O) groups is 3. The zero-order valence-electron chi connectivity index (χ0n) is 14.4. The van der Waals surface area contributed by atoms with Crippen LogP contribution in [0, 0.1) is 0 Å². The van der Waals surface area contributed by atoms with Crippen LogP contribution >= 0.6 is 0 Å². The largest absolute Gasteiger partial charge is 0.496 e. The number of alkyl halides is 3. The van der Waals surface area contributed by atoms with Gasteiger partial charge in [0.2, 0.25) is 0 Å². The molecule has 2 aromatic carbocycles. The Morgan fingerprint density at radius 3 is 2.29 bits per heavy atom. The number of hydrogen-bond donors (Lipinski definition) is 2. The highest BCUT2D eigenvalue weighted by Gasteiger charge is 2.69. The first kappa shape index (κ1) is 19.2. The van der Waals surface area contributed by atoms with E-state index < -0.39 is 29.7 Å². The maximum Gasteiger partial charge on any atom is 0.440 e. The monoisotopic (exact) mass is 393 g/mol. The second-order valence-corrected chi connectivity index (χ2v) is 5.81. The third kappa shape index (κ3) is 3.02. The number of hydrogen-bond acceptors (Lipinski definition) is 4. The highest BCUT2D eigenvalue weighted by molar-refractivity contribution is 6.24. The second kappa shape index (κ2) is 6.87. The molecule has 1 atom stereocenters. The van der Waals surface area contributed by atoms with Crippen LogP contribution in [0.4, 0.5) is 23.7 Å². The number of nitrogens with zero attached hydrogens (tertiary/aromatic N) is 1. The van der Waals surface area contributed by atoms with E-state index in [1.807, 2.05) is 0 Å². The lowest BCUT2D eigenvalue weighted by Gasteiger charge is -2.30. The summed E-state index contributed by atoms with van der Waals surface area (Å²) in [5, 5.41) is 3.22. The fraction of sp³-hybridized carbons (Fsp3) is 0.167. The van der Waals surface area contributed by atoms with Crippen molar-refractivity contribution >= 4 is 23.5 Å². The lowest BCUT2D eigenvalue weighted by molar-refractivity contribution is -0.197. The number of amides is 4. The Morgan fingerprint density at radius 1 is 1.07 bits per heavy atom. The SMILES string of the molecule is COc1ccccc1C(=O)N[C@@]1(C(F)(F)F)NC(=O)N(c2ccccc2)C1=O. The number of para-hydroxylation sites is 2. The van der Waals surface area contributed by atoms with Gasteiger partial charge in [0, 0.05) is 0 Å². The summed E-state index contributed by atoms with van der Waals surface area (Å²) in [7, 11) is 1.24. The summed E-state index contributed by atoms with van der Waals surface area (Å²) in [5.41, 5.74) is -3.91. The van der Waals surface area contributed by atoms with Crippen molar-refractivity contribution in [3.05, 3.63) is 60.2 Å². The molecule has 0 aliphatic carbocycles. The van der Waals surface area contributed by atoms with Gasteiger partial charge in [-0.15, -0.1) is 0 Å². The molecule has 1 aliphatic rings. The summed E-state index contributed by atoms with van der Waals surface area (Å²) < 4.78 is 46.6. The van der Waals surface area contributed by atoms with E-state index in [1.54, 1.807) is 16.7 Å². The first-order valence-electron chi connectivity index (χ1n) is 7.95. The molecule has 0 bridgehead atoms. The van der Waals surface area contributed by atoms with Gasteiger partial charge in [-0.2, -0.15) is 13.2 Å². The molecule has 1 aliphatic heterocycles. The molecule has 1 fully saturated rings. The molecule has 0 saturated carbocycles. The minimum atomic E-state index is -5.30. The molecule has 2 aromatic rings. The molecule has 0 spiro atoms. The molecule has 146 valence electrons. The molecular formula is C18H14F3N3O4. The molecule has 28 heavy (non-hydrogen) atoms. The Hall–Kier alpha value is -3.56. The smallest absolute Gasteiger partial charge is 0.440 e. The number of anilines is 1. The normalized spacial score (nSPS) is 19.4. The molecule has 3 rings (SSSR count). The molecule has 7 nitrogen and oxygen atoms in total. The maximum atomic E-state index is 13.9. The Labute approximate surface area is 157 Å². The van der Waals surface area contributed by atoms with Crippen LogP contribution in [-0.2, 0) is 4.79 Å². The number of rotatable bonds is 4. The molecule has 0 unspecified atom stereocenters. The summed E-state index contributed by atoms with van der Waals surface area (Å²) in [4.78, 5) is 37.7. The van der Waals surface area contributed by atoms with E-state index in [0.29, 0.717) is 4.90 Å². The number of nitrogens with one attached hydrogen (secondary N) is 2. The topological polar surface area (TPSA) is 87.7 Å². The van der Waals surface area contributed by atoms with Gasteiger partial charge in [0.1, 0.15) is 5.75 Å². The van der Waals surface area contributed by atoms with Crippen LogP contribution in [-0.4, -0.2) is 36.8 Å². The molecule has 4 amide bonds. The number of halogens is 3. The predicted octanol–water partition coefficient (Wildman–Crippen LogP) is 2.44. The van der Waals surface area contributed by atoms with Crippen LogP contribution < -0.4 is 20.3 Å². The lowest BCUT2D eigenvalue weighted by Crippen LogP contribution is -2.69. The Morgan fingerprint density at radius 2 is 1.68 bits per heavy atom. The van der Waals surface area contributed by atoms with Crippen LogP contribution in [0.3, 0.4) is 0 Å². The first-order chi connectivity index (χ1) is 13.2. The number of imide groups is 1. The third-order valence-corrected chi connectivity index (χ3v) is 4.11. The van der Waals surface area contributed by atoms with Crippen molar-refractivity contribution in [3.63, 3.8) is 0 Å². The summed E-state index contributed by atoms with van der Waals surface area (Å²) in [6.45, 7) is 0. The summed E-state index contributed by atoms with van der Waals surface area (Å²) in [6.07, 6.45) is -5.30. The van der Waals surface area contributed by atoms with Crippen LogP contribution in [0.25, 0.3) is 0 Å². The van der Waals surface area contributed by atoms with Gasteiger partial charge in [-0.25, -0.2) is 9.69 Å². The minimum absolute atomic E-state index is 0.00834. The molecular weight excluding hydrogens is 379 g/mol. The molecule has 2 N–H and O–H groups in total. The van der Waals surface area contributed by atoms with E-state index in [-0.39, 0.29) is 17.0 Å². The lowest BCUT2D eigenvalue weighted by atomic mass is 10.1. The van der Waals surface area contributed by atoms with Crippen molar-refractivity contribution in [2.75, 3.05) is 12.0 Å². The highest BCUT2D eigenvalue weighted by atomic mass is 19.4. The summed E-state index contributed by atoms with van der Waals surface area (Å²) in [5.74, 6) is -2.90. The van der Waals surface area contributed by atoms with Gasteiger partial charge in [0.15, 0.2) is 0 Å². The van der Waals surface area contributed by atoms with Gasteiger partial charge >= 0.3 is 12.2 Å². The van der Waals surface area contributed by atoms with E-state index in [2.05, 4.69) is 0 Å². The fourth-order valence-electron chi connectivity index (χ4n) is 2.76. The Kier molecular flexibility index (Phi) is 4.72. The highest BCUT2D eigenvalue weighted by Crippen LogP contribution is 2.36. The first-order valence-corrected chi connectivity index (χ1v) is 7.95. The predicted molar refractivity (Wildman–Crippen MR) is 91.7 cm³/mol. The number of urea groups is 1. The molecule has 10 heteroatoms. The number of benzene rings is 2. The molecule has 0 aromatic heterocycles. The maximum absolute atomic E-state index is 13.9. The van der Waals surface area contributed by atoms with Crippen molar-refractivity contribution in [1.82, 2.24) is 10.6 Å². The van der Waals surface area contributed by atoms with Gasteiger partial charge in [0.25, 0.3) is 17.5 Å². The van der Waals surface area contributed by atoms with Crippen molar-refractivity contribution in [1.29, 1.82) is 0 Å². The van der Waals surface area contributed by atoms with Gasteiger partial charge in [-0.1, -0.05) is 30.3 Å². The number of ether oxygens (including phenoxy) is 1. The van der Waals surface area contributed by atoms with Crippen molar-refractivity contribution in [3.8, 4) is 5.75 Å². The van der Waals surface area contributed by atoms with E-state index >= 15 is 0 Å². The minimum Gasteiger partial charge on any atom is -0.496 e. The summed E-state index contributed by atoms with van der Waals surface area (Å²) in [6, 6.07) is 11.3.